The van der Waals surface area contributed by atoms with Gasteiger partial charge in [0.25, 0.3) is 0 Å². The van der Waals surface area contributed by atoms with Crippen molar-refractivity contribution >= 4 is 11.7 Å². The molecule has 4 rings (SSSR count). The smallest absolute Gasteiger partial charge is 0.249 e. The first-order valence-corrected chi connectivity index (χ1v) is 10.3. The van der Waals surface area contributed by atoms with Gasteiger partial charge in [-0.15, -0.1) is 0 Å². The maximum absolute atomic E-state index is 12.3. The summed E-state index contributed by atoms with van der Waals surface area (Å²) in [4.78, 5) is 21.6. The van der Waals surface area contributed by atoms with Crippen LogP contribution >= 0.6 is 0 Å². The zero-order valence-corrected chi connectivity index (χ0v) is 17.8. The number of amides is 1. The first-order valence-electron chi connectivity index (χ1n) is 10.3. The summed E-state index contributed by atoms with van der Waals surface area (Å²) in [6.45, 7) is 5.91. The zero-order chi connectivity index (χ0) is 22.0. The van der Waals surface area contributed by atoms with Crippen LogP contribution in [0.3, 0.4) is 0 Å². The highest BCUT2D eigenvalue weighted by Gasteiger charge is 2.20. The summed E-state index contributed by atoms with van der Waals surface area (Å²) in [6.07, 6.45) is 1.82. The highest BCUT2D eigenvalue weighted by atomic mass is 16.1. The zero-order valence-electron chi connectivity index (χ0n) is 17.8. The fourth-order valence-electron chi connectivity index (χ4n) is 4.05. The molecule has 0 unspecified atom stereocenters. The van der Waals surface area contributed by atoms with Crippen molar-refractivity contribution in [2.75, 3.05) is 38.1 Å². The number of nitrogens with two attached hydrogens (primary N) is 1. The summed E-state index contributed by atoms with van der Waals surface area (Å²) in [6, 6.07) is 17.2. The maximum Gasteiger partial charge on any atom is 0.249 e. The molecule has 6 nitrogen and oxygen atoms in total. The van der Waals surface area contributed by atoms with E-state index in [0.717, 1.165) is 59.8 Å². The average Bonchev–Trinajstić information content (AvgIpc) is 2.79. The normalized spacial score (nSPS) is 14.3. The van der Waals surface area contributed by atoms with Crippen molar-refractivity contribution in [3.8, 4) is 28.3 Å². The number of nitrogens with zero attached hydrogens (tertiary/aromatic N) is 4. The molecule has 0 saturated carbocycles. The Kier molecular flexibility index (Phi) is 5.70. The Morgan fingerprint density at radius 2 is 1.65 bits per heavy atom. The molecule has 1 amide bonds. The number of aryl methyl sites for hydroxylation is 1. The molecule has 3 aromatic rings. The second kappa shape index (κ2) is 8.58. The predicted octanol–water partition coefficient (Wildman–Crippen LogP) is 3.45. The highest BCUT2D eigenvalue weighted by molar-refractivity contribution is 6.04. The number of likely N-dealkylation sites (N-methyl/N-ethyl adjacent to an activating group) is 1. The third kappa shape index (κ3) is 4.14. The second-order valence-electron chi connectivity index (χ2n) is 7.93. The van der Waals surface area contributed by atoms with Crippen LogP contribution in [0.1, 0.15) is 21.5 Å². The van der Waals surface area contributed by atoms with Gasteiger partial charge in [0.05, 0.1) is 11.6 Å². The van der Waals surface area contributed by atoms with Crippen LogP contribution in [0.5, 0.6) is 0 Å². The molecule has 31 heavy (non-hydrogen) atoms. The summed E-state index contributed by atoms with van der Waals surface area (Å²) in [5.41, 5.74) is 11.3. The Bertz CT molecular complexity index is 1140. The van der Waals surface area contributed by atoms with Crippen LogP contribution in [0.2, 0.25) is 0 Å². The van der Waals surface area contributed by atoms with Crippen LogP contribution in [0, 0.1) is 18.3 Å². The number of hydrogen-bond donors (Lipinski definition) is 1. The van der Waals surface area contributed by atoms with Crippen molar-refractivity contribution in [2.24, 2.45) is 5.73 Å². The minimum absolute atomic E-state index is 0.458. The highest BCUT2D eigenvalue weighted by Crippen LogP contribution is 2.38. The SMILES string of the molecule is Cc1ccc(C(N)=O)c(-c2ccc(N3CCN(C)CC3)nc2)c1-c1ccc(C#N)cc1. The van der Waals surface area contributed by atoms with Gasteiger partial charge in [0, 0.05) is 49.1 Å². The first kappa shape index (κ1) is 20.6. The number of anilines is 1. The van der Waals surface area contributed by atoms with Gasteiger partial charge >= 0.3 is 0 Å². The molecule has 1 saturated heterocycles. The van der Waals surface area contributed by atoms with Crippen LogP contribution in [0.4, 0.5) is 5.82 Å². The Morgan fingerprint density at radius 1 is 0.968 bits per heavy atom. The third-order valence-corrected chi connectivity index (χ3v) is 5.85. The lowest BCUT2D eigenvalue weighted by atomic mass is 9.87. The molecule has 0 aliphatic carbocycles. The van der Waals surface area contributed by atoms with Crippen molar-refractivity contribution in [3.63, 3.8) is 0 Å². The molecule has 0 bridgehead atoms. The minimum Gasteiger partial charge on any atom is -0.366 e. The lowest BCUT2D eigenvalue weighted by Crippen LogP contribution is -2.44. The van der Waals surface area contributed by atoms with Crippen molar-refractivity contribution in [1.29, 1.82) is 5.26 Å². The molecule has 2 aromatic carbocycles. The number of carbonyl (C=O) groups is 1. The van der Waals surface area contributed by atoms with E-state index in [-0.39, 0.29) is 0 Å². The third-order valence-electron chi connectivity index (χ3n) is 5.85. The van der Waals surface area contributed by atoms with Crippen molar-refractivity contribution in [1.82, 2.24) is 9.88 Å². The number of piperazine rings is 1. The number of carbonyl (C=O) groups excluding carboxylic acids is 1. The standard InChI is InChI=1S/C25H25N5O/c1-17-3-9-21(25(27)31)24(23(17)19-6-4-18(15-26)5-7-19)20-8-10-22(28-16-20)30-13-11-29(2)12-14-30/h3-10,16H,11-14H2,1-2H3,(H2,27,31). The molecule has 0 atom stereocenters. The number of benzene rings is 2. The molecule has 1 aliphatic heterocycles. The van der Waals surface area contributed by atoms with E-state index >= 15 is 0 Å². The fraction of sp³-hybridized carbons (Fsp3) is 0.240. The van der Waals surface area contributed by atoms with E-state index in [4.69, 9.17) is 16.0 Å². The molecule has 1 aliphatic rings. The second-order valence-corrected chi connectivity index (χ2v) is 7.93. The molecular weight excluding hydrogens is 386 g/mol. The van der Waals surface area contributed by atoms with Crippen molar-refractivity contribution in [2.45, 2.75) is 6.92 Å². The van der Waals surface area contributed by atoms with Crippen molar-refractivity contribution < 1.29 is 4.79 Å². The van der Waals surface area contributed by atoms with Gasteiger partial charge in [0.2, 0.25) is 5.91 Å². The topological polar surface area (TPSA) is 86.2 Å². The number of hydrogen-bond acceptors (Lipinski definition) is 5. The molecule has 156 valence electrons. The number of rotatable bonds is 4. The van der Waals surface area contributed by atoms with Crippen LogP contribution < -0.4 is 10.6 Å². The van der Waals surface area contributed by atoms with E-state index in [9.17, 15) is 4.79 Å². The summed E-state index contributed by atoms with van der Waals surface area (Å²) >= 11 is 0. The summed E-state index contributed by atoms with van der Waals surface area (Å²) in [5.74, 6) is 0.457. The lowest BCUT2D eigenvalue weighted by molar-refractivity contribution is 0.100. The molecule has 2 N–H and O–H groups in total. The van der Waals surface area contributed by atoms with Gasteiger partial charge in [0.1, 0.15) is 5.82 Å². The molecule has 6 heteroatoms. The fourth-order valence-corrected chi connectivity index (χ4v) is 4.05. The number of nitriles is 1. The van der Waals surface area contributed by atoms with Crippen LogP contribution in [-0.2, 0) is 0 Å². The van der Waals surface area contributed by atoms with E-state index < -0.39 is 5.91 Å². The first-order chi connectivity index (χ1) is 15.0. The lowest BCUT2D eigenvalue weighted by Gasteiger charge is -2.33. The van der Waals surface area contributed by atoms with Gasteiger partial charge < -0.3 is 15.5 Å². The van der Waals surface area contributed by atoms with Crippen molar-refractivity contribution in [3.05, 3.63) is 71.4 Å². The monoisotopic (exact) mass is 411 g/mol. The van der Waals surface area contributed by atoms with Gasteiger partial charge in [-0.2, -0.15) is 5.26 Å². The largest absolute Gasteiger partial charge is 0.366 e. The molecule has 1 fully saturated rings. The van der Waals surface area contributed by atoms with Crippen LogP contribution in [-0.4, -0.2) is 49.0 Å². The summed E-state index contributed by atoms with van der Waals surface area (Å²) < 4.78 is 0. The molecule has 0 radical (unpaired) electrons. The Balaban J connectivity index is 1.80. The molecule has 1 aromatic heterocycles. The van der Waals surface area contributed by atoms with Crippen LogP contribution in [0.25, 0.3) is 22.3 Å². The summed E-state index contributed by atoms with van der Waals surface area (Å²) in [5, 5.41) is 9.13. The van der Waals surface area contributed by atoms with E-state index in [1.54, 1.807) is 18.2 Å². The van der Waals surface area contributed by atoms with Gasteiger partial charge in [0.15, 0.2) is 0 Å². The Labute approximate surface area is 182 Å². The van der Waals surface area contributed by atoms with Crippen LogP contribution in [0.15, 0.2) is 54.7 Å². The summed E-state index contributed by atoms with van der Waals surface area (Å²) in [7, 11) is 2.13. The quantitative estimate of drug-likeness (QED) is 0.711. The Hall–Kier alpha value is -3.69. The Morgan fingerprint density at radius 3 is 2.23 bits per heavy atom. The number of primary amides is 1. The van der Waals surface area contributed by atoms with E-state index in [0.29, 0.717) is 11.1 Å². The number of aromatic nitrogens is 1. The maximum atomic E-state index is 12.3. The van der Waals surface area contributed by atoms with Gasteiger partial charge in [-0.1, -0.05) is 18.2 Å². The molecule has 2 heterocycles. The molecular formula is C25H25N5O. The van der Waals surface area contributed by atoms with E-state index in [1.807, 2.05) is 43.5 Å². The number of pyridine rings is 1. The van der Waals surface area contributed by atoms with E-state index in [1.165, 1.54) is 0 Å². The van der Waals surface area contributed by atoms with E-state index in [2.05, 4.69) is 22.9 Å². The average molecular weight is 412 g/mol. The minimum atomic E-state index is -0.479. The molecule has 0 spiro atoms. The van der Waals surface area contributed by atoms with Gasteiger partial charge in [-0.3, -0.25) is 4.79 Å². The van der Waals surface area contributed by atoms with Gasteiger partial charge in [-0.25, -0.2) is 4.98 Å². The van der Waals surface area contributed by atoms with Gasteiger partial charge in [-0.05, 0) is 61.0 Å². The predicted molar refractivity (Wildman–Crippen MR) is 123 cm³/mol.